The topological polar surface area (TPSA) is 47.8 Å². The van der Waals surface area contributed by atoms with Crippen molar-refractivity contribution in [2.75, 3.05) is 0 Å². The van der Waals surface area contributed by atoms with E-state index in [0.717, 1.165) is 5.69 Å². The summed E-state index contributed by atoms with van der Waals surface area (Å²) < 4.78 is 1.86. The van der Waals surface area contributed by atoms with Crippen LogP contribution in [0.2, 0.25) is 0 Å². The largest absolute Gasteiger partial charge is 0.293 e. The summed E-state index contributed by atoms with van der Waals surface area (Å²) in [6, 6.07) is 2.21. The van der Waals surface area contributed by atoms with E-state index >= 15 is 0 Å². The van der Waals surface area contributed by atoms with Crippen molar-refractivity contribution in [2.24, 2.45) is 0 Å². The SMILES string of the molecule is CC(C)n1ccc(CC(=O)c2cncs2)n1. The molecule has 84 valence electrons. The lowest BCUT2D eigenvalue weighted by Gasteiger charge is -2.03. The van der Waals surface area contributed by atoms with E-state index in [1.165, 1.54) is 11.3 Å². The molecule has 0 saturated heterocycles. The van der Waals surface area contributed by atoms with Gasteiger partial charge in [0.15, 0.2) is 5.78 Å². The summed E-state index contributed by atoms with van der Waals surface area (Å²) in [5.74, 6) is 0.0801. The first kappa shape index (κ1) is 11.0. The first-order valence-electron chi connectivity index (χ1n) is 5.12. The molecule has 2 aromatic heterocycles. The lowest BCUT2D eigenvalue weighted by Crippen LogP contribution is -2.05. The molecule has 0 spiro atoms. The third kappa shape index (κ3) is 2.36. The Morgan fingerprint density at radius 2 is 2.38 bits per heavy atom. The standard InChI is InChI=1S/C11H13N3OS/c1-8(2)14-4-3-9(13-14)5-10(15)11-6-12-7-16-11/h3-4,6-8H,5H2,1-2H3. The van der Waals surface area contributed by atoms with Crippen molar-refractivity contribution in [3.8, 4) is 0 Å². The lowest BCUT2D eigenvalue weighted by atomic mass is 10.2. The molecule has 0 aliphatic carbocycles. The highest BCUT2D eigenvalue weighted by molar-refractivity contribution is 7.11. The molecule has 2 rings (SSSR count). The number of carbonyl (C=O) groups is 1. The van der Waals surface area contributed by atoms with Crippen molar-refractivity contribution in [3.05, 3.63) is 34.5 Å². The van der Waals surface area contributed by atoms with E-state index in [1.807, 2.05) is 16.9 Å². The third-order valence-electron chi connectivity index (χ3n) is 2.24. The predicted molar refractivity (Wildman–Crippen MR) is 62.8 cm³/mol. The highest BCUT2D eigenvalue weighted by Crippen LogP contribution is 2.11. The predicted octanol–water partition coefficient (Wildman–Crippen LogP) is 2.35. The van der Waals surface area contributed by atoms with Crippen LogP contribution in [-0.4, -0.2) is 20.5 Å². The van der Waals surface area contributed by atoms with Crippen LogP contribution in [0.5, 0.6) is 0 Å². The van der Waals surface area contributed by atoms with Crippen LogP contribution in [0.3, 0.4) is 0 Å². The van der Waals surface area contributed by atoms with Crippen molar-refractivity contribution in [2.45, 2.75) is 26.3 Å². The number of Topliss-reactive ketones (excluding diaryl/α,β-unsaturated/α-hetero) is 1. The zero-order chi connectivity index (χ0) is 11.5. The molecule has 4 nitrogen and oxygen atoms in total. The average Bonchev–Trinajstić information content (AvgIpc) is 2.87. The molecule has 2 aromatic rings. The number of nitrogens with zero attached hydrogens (tertiary/aromatic N) is 3. The summed E-state index contributed by atoms with van der Waals surface area (Å²) in [5.41, 5.74) is 2.48. The minimum Gasteiger partial charge on any atom is -0.293 e. The maximum atomic E-state index is 11.8. The second-order valence-electron chi connectivity index (χ2n) is 3.85. The summed E-state index contributed by atoms with van der Waals surface area (Å²) in [7, 11) is 0. The molecule has 0 atom stereocenters. The van der Waals surface area contributed by atoms with Crippen molar-refractivity contribution < 1.29 is 4.79 Å². The van der Waals surface area contributed by atoms with E-state index in [0.29, 0.717) is 17.3 Å². The monoisotopic (exact) mass is 235 g/mol. The summed E-state index contributed by atoms with van der Waals surface area (Å²) in [5, 5.41) is 4.34. The molecule has 0 unspecified atom stereocenters. The van der Waals surface area contributed by atoms with E-state index < -0.39 is 0 Å². The maximum absolute atomic E-state index is 11.8. The van der Waals surface area contributed by atoms with Crippen LogP contribution < -0.4 is 0 Å². The number of carbonyl (C=O) groups excluding carboxylic acids is 1. The van der Waals surface area contributed by atoms with Crippen LogP contribution in [0.25, 0.3) is 0 Å². The third-order valence-corrected chi connectivity index (χ3v) is 3.06. The molecule has 0 aromatic carbocycles. The number of hydrogen-bond acceptors (Lipinski definition) is 4. The number of ketones is 1. The van der Waals surface area contributed by atoms with E-state index in [2.05, 4.69) is 23.9 Å². The highest BCUT2D eigenvalue weighted by atomic mass is 32.1. The van der Waals surface area contributed by atoms with Gasteiger partial charge in [-0.15, -0.1) is 11.3 Å². The van der Waals surface area contributed by atoms with Gasteiger partial charge in [0.1, 0.15) is 0 Å². The normalized spacial score (nSPS) is 10.9. The van der Waals surface area contributed by atoms with Gasteiger partial charge in [0.2, 0.25) is 0 Å². The van der Waals surface area contributed by atoms with Gasteiger partial charge in [0.25, 0.3) is 0 Å². The minimum atomic E-state index is 0.0801. The van der Waals surface area contributed by atoms with Crippen molar-refractivity contribution >= 4 is 17.1 Å². The Hall–Kier alpha value is -1.49. The van der Waals surface area contributed by atoms with E-state index in [9.17, 15) is 4.79 Å². The molecule has 5 heteroatoms. The molecular formula is C11H13N3OS. The molecule has 0 amide bonds. The van der Waals surface area contributed by atoms with Gasteiger partial charge in [-0.3, -0.25) is 14.5 Å². The summed E-state index contributed by atoms with van der Waals surface area (Å²) in [6.45, 7) is 4.11. The fourth-order valence-electron chi connectivity index (χ4n) is 1.36. The van der Waals surface area contributed by atoms with Crippen molar-refractivity contribution in [1.29, 1.82) is 0 Å². The Bertz CT molecular complexity index is 473. The van der Waals surface area contributed by atoms with Gasteiger partial charge in [0, 0.05) is 18.4 Å². The second-order valence-corrected chi connectivity index (χ2v) is 4.73. The summed E-state index contributed by atoms with van der Waals surface area (Å²) in [4.78, 5) is 16.4. The van der Waals surface area contributed by atoms with Gasteiger partial charge >= 0.3 is 0 Å². The fraction of sp³-hybridized carbons (Fsp3) is 0.364. The molecule has 0 aliphatic rings. The highest BCUT2D eigenvalue weighted by Gasteiger charge is 2.11. The Kier molecular flexibility index (Phi) is 3.14. The summed E-state index contributed by atoms with van der Waals surface area (Å²) in [6.07, 6.45) is 3.86. The van der Waals surface area contributed by atoms with Gasteiger partial charge in [-0.1, -0.05) is 0 Å². The van der Waals surface area contributed by atoms with Crippen LogP contribution in [-0.2, 0) is 6.42 Å². The molecule has 2 heterocycles. The van der Waals surface area contributed by atoms with E-state index in [4.69, 9.17) is 0 Å². The minimum absolute atomic E-state index is 0.0801. The Balaban J connectivity index is 2.07. The summed E-state index contributed by atoms with van der Waals surface area (Å²) >= 11 is 1.37. The first-order valence-corrected chi connectivity index (χ1v) is 6.00. The number of thiazole rings is 1. The Morgan fingerprint density at radius 1 is 1.56 bits per heavy atom. The second kappa shape index (κ2) is 4.57. The molecular weight excluding hydrogens is 222 g/mol. The molecule has 0 fully saturated rings. The first-order chi connectivity index (χ1) is 7.66. The fourth-order valence-corrected chi connectivity index (χ4v) is 1.92. The van der Waals surface area contributed by atoms with Crippen LogP contribution in [0.1, 0.15) is 35.3 Å². The lowest BCUT2D eigenvalue weighted by molar-refractivity contribution is 0.0995. The zero-order valence-corrected chi connectivity index (χ0v) is 10.1. The molecule has 0 aliphatic heterocycles. The van der Waals surface area contributed by atoms with Gasteiger partial charge < -0.3 is 0 Å². The maximum Gasteiger partial charge on any atom is 0.180 e. The molecule has 0 bridgehead atoms. The number of aromatic nitrogens is 3. The quantitative estimate of drug-likeness (QED) is 0.764. The molecule has 16 heavy (non-hydrogen) atoms. The van der Waals surface area contributed by atoms with Crippen LogP contribution in [0.15, 0.2) is 24.0 Å². The van der Waals surface area contributed by atoms with Gasteiger partial charge in [-0.2, -0.15) is 5.10 Å². The van der Waals surface area contributed by atoms with E-state index in [1.54, 1.807) is 11.7 Å². The van der Waals surface area contributed by atoms with E-state index in [-0.39, 0.29) is 5.78 Å². The van der Waals surface area contributed by atoms with Crippen molar-refractivity contribution in [3.63, 3.8) is 0 Å². The van der Waals surface area contributed by atoms with Gasteiger partial charge in [0.05, 0.1) is 22.5 Å². The number of hydrogen-bond donors (Lipinski definition) is 0. The van der Waals surface area contributed by atoms with Gasteiger partial charge in [-0.05, 0) is 19.9 Å². The molecule has 0 radical (unpaired) electrons. The molecule has 0 saturated carbocycles. The van der Waals surface area contributed by atoms with Crippen LogP contribution in [0.4, 0.5) is 0 Å². The van der Waals surface area contributed by atoms with Crippen molar-refractivity contribution in [1.82, 2.24) is 14.8 Å². The molecule has 0 N–H and O–H groups in total. The Morgan fingerprint density at radius 3 is 2.94 bits per heavy atom. The number of rotatable bonds is 4. The Labute approximate surface area is 97.9 Å². The van der Waals surface area contributed by atoms with Crippen LogP contribution in [0, 0.1) is 0 Å². The van der Waals surface area contributed by atoms with Gasteiger partial charge in [-0.25, -0.2) is 0 Å². The van der Waals surface area contributed by atoms with Crippen LogP contribution >= 0.6 is 11.3 Å². The zero-order valence-electron chi connectivity index (χ0n) is 9.25. The average molecular weight is 235 g/mol. The smallest absolute Gasteiger partial charge is 0.180 e.